The van der Waals surface area contributed by atoms with E-state index in [2.05, 4.69) is 10.6 Å². The van der Waals surface area contributed by atoms with E-state index in [1.165, 1.54) is 19.0 Å². The predicted molar refractivity (Wildman–Crippen MR) is 76.7 cm³/mol. The molecule has 0 aliphatic heterocycles. The van der Waals surface area contributed by atoms with Crippen LogP contribution >= 0.6 is 0 Å². The minimum atomic E-state index is -1.02. The van der Waals surface area contributed by atoms with Gasteiger partial charge in [0, 0.05) is 14.1 Å². The highest BCUT2D eigenvalue weighted by Crippen LogP contribution is 2.16. The summed E-state index contributed by atoms with van der Waals surface area (Å²) < 4.78 is 0. The number of amides is 3. The number of nitrogens with zero attached hydrogens (tertiary/aromatic N) is 1. The molecule has 1 atom stereocenters. The first-order valence-corrected chi connectivity index (χ1v) is 6.43. The Bertz CT molecular complexity index is 504. The summed E-state index contributed by atoms with van der Waals surface area (Å²) in [6.45, 7) is -0.100. The van der Waals surface area contributed by atoms with Crippen LogP contribution in [0, 0.1) is 0 Å². The number of likely N-dealkylation sites (N-methyl/N-ethyl adjacent to an activating group) is 2. The molecule has 114 valence electrons. The van der Waals surface area contributed by atoms with Crippen LogP contribution in [0.4, 0.5) is 4.79 Å². The molecule has 21 heavy (non-hydrogen) atoms. The standard InChI is InChI=1S/C14H19N3O4/c1-15-12(18)9-17(2)14(21)16-11(8-13(19)20)10-6-4-3-5-7-10/h3-7,11H,8-9H2,1-2H3,(H,15,18)(H,16,21)(H,19,20). The number of benzene rings is 1. The van der Waals surface area contributed by atoms with Gasteiger partial charge in [-0.2, -0.15) is 0 Å². The van der Waals surface area contributed by atoms with E-state index in [0.717, 1.165) is 0 Å². The summed E-state index contributed by atoms with van der Waals surface area (Å²) in [5.74, 6) is -1.32. The first-order valence-electron chi connectivity index (χ1n) is 6.43. The lowest BCUT2D eigenvalue weighted by Gasteiger charge is -2.22. The summed E-state index contributed by atoms with van der Waals surface area (Å²) >= 11 is 0. The molecule has 3 amide bonds. The van der Waals surface area contributed by atoms with Gasteiger partial charge < -0.3 is 20.6 Å². The normalized spacial score (nSPS) is 11.3. The molecule has 1 aromatic rings. The number of carboxylic acids is 1. The number of carbonyl (C=O) groups excluding carboxylic acids is 2. The number of hydrogen-bond acceptors (Lipinski definition) is 3. The molecule has 1 aromatic carbocycles. The van der Waals surface area contributed by atoms with Crippen LogP contribution in [0.1, 0.15) is 18.0 Å². The molecule has 0 aliphatic carbocycles. The first-order chi connectivity index (χ1) is 9.93. The van der Waals surface area contributed by atoms with Gasteiger partial charge in [0.2, 0.25) is 5.91 Å². The zero-order chi connectivity index (χ0) is 15.8. The molecule has 0 fully saturated rings. The minimum absolute atomic E-state index is 0.100. The second-order valence-electron chi connectivity index (χ2n) is 4.54. The van der Waals surface area contributed by atoms with Crippen LogP contribution in [0.3, 0.4) is 0 Å². The zero-order valence-corrected chi connectivity index (χ0v) is 12.0. The van der Waals surface area contributed by atoms with Gasteiger partial charge in [-0.3, -0.25) is 9.59 Å². The number of hydrogen-bond donors (Lipinski definition) is 3. The molecule has 7 heteroatoms. The lowest BCUT2D eigenvalue weighted by atomic mass is 10.0. The van der Waals surface area contributed by atoms with Crippen molar-refractivity contribution in [2.24, 2.45) is 0 Å². The monoisotopic (exact) mass is 293 g/mol. The van der Waals surface area contributed by atoms with Gasteiger partial charge in [-0.1, -0.05) is 30.3 Å². The van der Waals surface area contributed by atoms with Gasteiger partial charge in [-0.05, 0) is 5.56 Å². The summed E-state index contributed by atoms with van der Waals surface area (Å²) in [5, 5.41) is 14.0. The highest BCUT2D eigenvalue weighted by atomic mass is 16.4. The lowest BCUT2D eigenvalue weighted by Crippen LogP contribution is -2.44. The Kier molecular flexibility index (Phi) is 6.19. The summed E-state index contributed by atoms with van der Waals surface area (Å²) in [4.78, 5) is 35.4. The largest absolute Gasteiger partial charge is 0.481 e. The molecule has 0 saturated heterocycles. The fourth-order valence-electron chi connectivity index (χ4n) is 1.74. The molecule has 0 aliphatic rings. The second-order valence-corrected chi connectivity index (χ2v) is 4.54. The SMILES string of the molecule is CNC(=O)CN(C)C(=O)NC(CC(=O)O)c1ccccc1. The van der Waals surface area contributed by atoms with Crippen molar-refractivity contribution in [1.82, 2.24) is 15.5 Å². The third kappa shape index (κ3) is 5.52. The number of carboxylic acid groups (broad SMARTS) is 1. The van der Waals surface area contributed by atoms with Crippen molar-refractivity contribution in [3.63, 3.8) is 0 Å². The highest BCUT2D eigenvalue weighted by molar-refractivity contribution is 5.84. The van der Waals surface area contributed by atoms with Crippen molar-refractivity contribution in [2.45, 2.75) is 12.5 Å². The molecule has 0 radical (unpaired) electrons. The number of urea groups is 1. The third-order valence-corrected chi connectivity index (χ3v) is 2.88. The van der Waals surface area contributed by atoms with E-state index < -0.39 is 18.0 Å². The summed E-state index contributed by atoms with van der Waals surface area (Å²) in [6, 6.07) is 7.67. The third-order valence-electron chi connectivity index (χ3n) is 2.88. The molecule has 7 nitrogen and oxygen atoms in total. The number of aliphatic carboxylic acids is 1. The Morgan fingerprint density at radius 2 is 1.86 bits per heavy atom. The van der Waals surface area contributed by atoms with Gasteiger partial charge in [0.05, 0.1) is 12.5 Å². The maximum atomic E-state index is 12.0. The first kappa shape index (κ1) is 16.5. The quantitative estimate of drug-likeness (QED) is 0.715. The van der Waals surface area contributed by atoms with Crippen LogP contribution in [0.2, 0.25) is 0 Å². The van der Waals surface area contributed by atoms with Crippen molar-refractivity contribution >= 4 is 17.9 Å². The lowest BCUT2D eigenvalue weighted by molar-refractivity contribution is -0.137. The molecular weight excluding hydrogens is 274 g/mol. The van der Waals surface area contributed by atoms with Crippen LogP contribution in [0.5, 0.6) is 0 Å². The number of rotatable bonds is 6. The van der Waals surface area contributed by atoms with Gasteiger partial charge in [0.25, 0.3) is 0 Å². The van der Waals surface area contributed by atoms with Gasteiger partial charge in [-0.25, -0.2) is 4.79 Å². The molecular formula is C14H19N3O4. The van der Waals surface area contributed by atoms with E-state index in [0.29, 0.717) is 5.56 Å². The minimum Gasteiger partial charge on any atom is -0.481 e. The molecule has 0 heterocycles. The second kappa shape index (κ2) is 7.88. The van der Waals surface area contributed by atoms with Crippen LogP contribution in [-0.4, -0.2) is 48.6 Å². The van der Waals surface area contributed by atoms with Gasteiger partial charge in [-0.15, -0.1) is 0 Å². The molecule has 0 saturated carbocycles. The van der Waals surface area contributed by atoms with Crippen molar-refractivity contribution in [1.29, 1.82) is 0 Å². The van der Waals surface area contributed by atoms with Crippen molar-refractivity contribution in [2.75, 3.05) is 20.6 Å². The molecule has 1 rings (SSSR count). The molecule has 0 bridgehead atoms. The zero-order valence-electron chi connectivity index (χ0n) is 12.0. The van der Waals surface area contributed by atoms with E-state index in [-0.39, 0.29) is 18.9 Å². The molecule has 3 N–H and O–H groups in total. The van der Waals surface area contributed by atoms with E-state index >= 15 is 0 Å². The van der Waals surface area contributed by atoms with E-state index in [1.807, 2.05) is 0 Å². The average molecular weight is 293 g/mol. The Morgan fingerprint density at radius 1 is 1.24 bits per heavy atom. The topological polar surface area (TPSA) is 98.7 Å². The molecule has 0 aromatic heterocycles. The maximum Gasteiger partial charge on any atom is 0.318 e. The summed E-state index contributed by atoms with van der Waals surface area (Å²) in [5.41, 5.74) is 0.696. The molecule has 0 spiro atoms. The van der Waals surface area contributed by atoms with Gasteiger partial charge in [0.15, 0.2) is 0 Å². The van der Waals surface area contributed by atoms with E-state index in [4.69, 9.17) is 5.11 Å². The fraction of sp³-hybridized carbons (Fsp3) is 0.357. The average Bonchev–Trinajstić information content (AvgIpc) is 2.46. The Labute approximate surface area is 122 Å². The predicted octanol–water partition coefficient (Wildman–Crippen LogP) is 0.590. The Morgan fingerprint density at radius 3 is 2.38 bits per heavy atom. The Balaban J connectivity index is 2.75. The van der Waals surface area contributed by atoms with E-state index in [9.17, 15) is 14.4 Å². The number of nitrogens with one attached hydrogen (secondary N) is 2. The smallest absolute Gasteiger partial charge is 0.318 e. The van der Waals surface area contributed by atoms with Crippen LogP contribution < -0.4 is 10.6 Å². The fourth-order valence-corrected chi connectivity index (χ4v) is 1.74. The van der Waals surface area contributed by atoms with Crippen molar-refractivity contribution in [3.05, 3.63) is 35.9 Å². The van der Waals surface area contributed by atoms with Crippen LogP contribution in [0.15, 0.2) is 30.3 Å². The summed E-state index contributed by atoms with van der Waals surface area (Å²) in [6.07, 6.45) is -0.233. The van der Waals surface area contributed by atoms with Crippen LogP contribution in [0.25, 0.3) is 0 Å². The highest BCUT2D eigenvalue weighted by Gasteiger charge is 2.20. The maximum absolute atomic E-state index is 12.0. The molecule has 1 unspecified atom stereocenters. The van der Waals surface area contributed by atoms with E-state index in [1.54, 1.807) is 30.3 Å². The van der Waals surface area contributed by atoms with Gasteiger partial charge in [0.1, 0.15) is 6.54 Å². The number of carbonyl (C=O) groups is 3. The summed E-state index contributed by atoms with van der Waals surface area (Å²) in [7, 11) is 2.94. The van der Waals surface area contributed by atoms with Crippen LogP contribution in [-0.2, 0) is 9.59 Å². The van der Waals surface area contributed by atoms with Gasteiger partial charge >= 0.3 is 12.0 Å². The Hall–Kier alpha value is -2.57. The van der Waals surface area contributed by atoms with Crippen molar-refractivity contribution in [3.8, 4) is 0 Å². The van der Waals surface area contributed by atoms with Crippen molar-refractivity contribution < 1.29 is 19.5 Å².